The van der Waals surface area contributed by atoms with Crippen LogP contribution in [0.4, 0.5) is 13.2 Å². The third kappa shape index (κ3) is 4.52. The zero-order valence-electron chi connectivity index (χ0n) is 8.35. The van der Waals surface area contributed by atoms with Gasteiger partial charge in [-0.05, 0) is 33.8 Å². The fourth-order valence-electron chi connectivity index (χ4n) is 1.15. The van der Waals surface area contributed by atoms with Gasteiger partial charge in [-0.3, -0.25) is 4.79 Å². The van der Waals surface area contributed by atoms with Crippen molar-refractivity contribution in [3.63, 3.8) is 0 Å². The molecule has 0 N–H and O–H groups in total. The first-order valence-corrected chi connectivity index (χ1v) is 6.63. The highest BCUT2D eigenvalue weighted by molar-refractivity contribution is 9.10. The third-order valence-electron chi connectivity index (χ3n) is 1.81. The number of carbonyl (C=O) groups excluding carboxylic acids is 1. The molecular weight excluding hydrogens is 341 g/mol. The van der Waals surface area contributed by atoms with Gasteiger partial charge in [0.15, 0.2) is 5.78 Å². The maximum absolute atomic E-state index is 12.2. The molecular formula is C10H7BrClF3OS. The number of halogens is 5. The molecule has 1 rings (SSSR count). The van der Waals surface area contributed by atoms with Gasteiger partial charge in [0, 0.05) is 27.2 Å². The molecule has 0 bridgehead atoms. The van der Waals surface area contributed by atoms with Crippen LogP contribution < -0.4 is 0 Å². The average molecular weight is 348 g/mol. The van der Waals surface area contributed by atoms with Crippen LogP contribution >= 0.6 is 39.3 Å². The van der Waals surface area contributed by atoms with Crippen molar-refractivity contribution in [2.75, 3.05) is 5.88 Å². The number of Topliss-reactive ketones (excluding diaryl/α,β-unsaturated/α-hetero) is 1. The van der Waals surface area contributed by atoms with Crippen LogP contribution in [0, 0.1) is 0 Å². The number of benzene rings is 1. The Balaban J connectivity index is 3.03. The lowest BCUT2D eigenvalue weighted by Gasteiger charge is -2.10. The van der Waals surface area contributed by atoms with Crippen LogP contribution in [-0.2, 0) is 0 Å². The van der Waals surface area contributed by atoms with E-state index in [-0.39, 0.29) is 44.8 Å². The molecule has 0 saturated carbocycles. The van der Waals surface area contributed by atoms with Crippen LogP contribution in [0.3, 0.4) is 0 Å². The second-order valence-electron chi connectivity index (χ2n) is 3.03. The van der Waals surface area contributed by atoms with Crippen molar-refractivity contribution in [1.82, 2.24) is 0 Å². The molecule has 0 saturated heterocycles. The summed E-state index contributed by atoms with van der Waals surface area (Å²) in [7, 11) is 0. The van der Waals surface area contributed by atoms with Crippen molar-refractivity contribution in [3.05, 3.63) is 28.2 Å². The third-order valence-corrected chi connectivity index (χ3v) is 3.91. The molecule has 17 heavy (non-hydrogen) atoms. The van der Waals surface area contributed by atoms with E-state index in [4.69, 9.17) is 11.6 Å². The lowest BCUT2D eigenvalue weighted by Crippen LogP contribution is -2.04. The molecule has 0 aliphatic rings. The van der Waals surface area contributed by atoms with Gasteiger partial charge in [-0.2, -0.15) is 13.2 Å². The Kier molecular flexibility index (Phi) is 5.34. The molecule has 0 unspecified atom stereocenters. The molecule has 0 radical (unpaired) electrons. The molecule has 7 heteroatoms. The number of rotatable bonds is 4. The summed E-state index contributed by atoms with van der Waals surface area (Å²) in [6.45, 7) is 0. The van der Waals surface area contributed by atoms with Crippen LogP contribution in [-0.4, -0.2) is 17.2 Å². The van der Waals surface area contributed by atoms with Crippen LogP contribution in [0.25, 0.3) is 0 Å². The molecule has 0 heterocycles. The van der Waals surface area contributed by atoms with Crippen molar-refractivity contribution >= 4 is 45.1 Å². The van der Waals surface area contributed by atoms with Gasteiger partial charge in [-0.1, -0.05) is 12.1 Å². The summed E-state index contributed by atoms with van der Waals surface area (Å²) in [5.74, 6) is -0.140. The first-order chi connectivity index (χ1) is 7.85. The normalized spacial score (nSPS) is 11.6. The topological polar surface area (TPSA) is 17.1 Å². The predicted octanol–water partition coefficient (Wildman–Crippen LogP) is 4.87. The quantitative estimate of drug-likeness (QED) is 0.439. The van der Waals surface area contributed by atoms with E-state index in [1.165, 1.54) is 18.2 Å². The summed E-state index contributed by atoms with van der Waals surface area (Å²) in [6, 6.07) is 4.19. The van der Waals surface area contributed by atoms with Crippen LogP contribution in [0.1, 0.15) is 16.8 Å². The van der Waals surface area contributed by atoms with Gasteiger partial charge in [0.1, 0.15) is 0 Å². The molecule has 0 aliphatic carbocycles. The number of alkyl halides is 4. The second-order valence-corrected chi connectivity index (χ2v) is 5.31. The van der Waals surface area contributed by atoms with Crippen LogP contribution in [0.2, 0.25) is 0 Å². The zero-order chi connectivity index (χ0) is 13.1. The minimum atomic E-state index is -4.38. The average Bonchev–Trinajstić information content (AvgIpc) is 2.19. The lowest BCUT2D eigenvalue weighted by molar-refractivity contribution is -0.0328. The van der Waals surface area contributed by atoms with Gasteiger partial charge < -0.3 is 0 Å². The Morgan fingerprint density at radius 3 is 2.59 bits per heavy atom. The number of hydrogen-bond acceptors (Lipinski definition) is 2. The van der Waals surface area contributed by atoms with Gasteiger partial charge in [0.2, 0.25) is 0 Å². The van der Waals surface area contributed by atoms with Crippen molar-refractivity contribution in [3.8, 4) is 0 Å². The lowest BCUT2D eigenvalue weighted by atomic mass is 10.1. The predicted molar refractivity (Wildman–Crippen MR) is 65.7 cm³/mol. The van der Waals surface area contributed by atoms with E-state index in [0.29, 0.717) is 0 Å². The van der Waals surface area contributed by atoms with Crippen LogP contribution in [0.5, 0.6) is 0 Å². The molecule has 0 aliphatic heterocycles. The van der Waals surface area contributed by atoms with E-state index in [1.54, 1.807) is 0 Å². The fourth-order valence-corrected chi connectivity index (χ4v) is 2.65. The van der Waals surface area contributed by atoms with E-state index in [2.05, 4.69) is 15.9 Å². The van der Waals surface area contributed by atoms with E-state index >= 15 is 0 Å². The minimum absolute atomic E-state index is 0.0297. The summed E-state index contributed by atoms with van der Waals surface area (Å²) in [5, 5.41) is 0. The van der Waals surface area contributed by atoms with Gasteiger partial charge >= 0.3 is 5.51 Å². The summed E-state index contributed by atoms with van der Waals surface area (Å²) in [5.41, 5.74) is -4.16. The summed E-state index contributed by atoms with van der Waals surface area (Å²) in [4.78, 5) is 11.5. The molecule has 1 aromatic rings. The SMILES string of the molecule is O=C(CCCl)c1cccc(SC(F)(F)F)c1Br. The molecule has 0 amide bonds. The number of ketones is 1. The Labute approximate surface area is 114 Å². The number of carbonyl (C=O) groups is 1. The Bertz CT molecular complexity index is 423. The van der Waals surface area contributed by atoms with E-state index in [0.717, 1.165) is 0 Å². The summed E-state index contributed by atoms with van der Waals surface area (Å²) in [6.07, 6.45) is 0.0975. The maximum atomic E-state index is 12.2. The van der Waals surface area contributed by atoms with Crippen LogP contribution in [0.15, 0.2) is 27.6 Å². The van der Waals surface area contributed by atoms with Gasteiger partial charge in [-0.25, -0.2) is 0 Å². The standard InChI is InChI=1S/C10H7BrClF3OS/c11-9-6(7(16)4-5-12)2-1-3-8(9)17-10(13,14)15/h1-3H,4-5H2. The maximum Gasteiger partial charge on any atom is 0.446 e. The highest BCUT2D eigenvalue weighted by atomic mass is 79.9. The second kappa shape index (κ2) is 6.11. The van der Waals surface area contributed by atoms with Crippen molar-refractivity contribution in [2.45, 2.75) is 16.8 Å². The fraction of sp³-hybridized carbons (Fsp3) is 0.300. The van der Waals surface area contributed by atoms with E-state index in [9.17, 15) is 18.0 Å². The van der Waals surface area contributed by atoms with Crippen molar-refractivity contribution < 1.29 is 18.0 Å². The Morgan fingerprint density at radius 2 is 2.06 bits per heavy atom. The van der Waals surface area contributed by atoms with Crippen molar-refractivity contribution in [2.24, 2.45) is 0 Å². The van der Waals surface area contributed by atoms with Gasteiger partial charge in [0.05, 0.1) is 0 Å². The molecule has 0 atom stereocenters. The highest BCUT2D eigenvalue weighted by Gasteiger charge is 2.30. The van der Waals surface area contributed by atoms with Crippen molar-refractivity contribution in [1.29, 1.82) is 0 Å². The molecule has 0 aromatic heterocycles. The Morgan fingerprint density at radius 1 is 1.41 bits per heavy atom. The first kappa shape index (κ1) is 14.9. The first-order valence-electron chi connectivity index (χ1n) is 4.48. The van der Waals surface area contributed by atoms with E-state index in [1.807, 2.05) is 0 Å². The van der Waals surface area contributed by atoms with Gasteiger partial charge in [-0.15, -0.1) is 11.6 Å². The zero-order valence-corrected chi connectivity index (χ0v) is 11.5. The molecule has 1 aromatic carbocycles. The largest absolute Gasteiger partial charge is 0.446 e. The number of thioether (sulfide) groups is 1. The summed E-state index contributed by atoms with van der Waals surface area (Å²) >= 11 is 8.19. The Hall–Kier alpha value is -0.200. The number of hydrogen-bond donors (Lipinski definition) is 0. The molecule has 1 nitrogen and oxygen atoms in total. The molecule has 0 spiro atoms. The monoisotopic (exact) mass is 346 g/mol. The minimum Gasteiger partial charge on any atom is -0.294 e. The smallest absolute Gasteiger partial charge is 0.294 e. The summed E-state index contributed by atoms with van der Waals surface area (Å²) < 4.78 is 36.9. The van der Waals surface area contributed by atoms with Gasteiger partial charge in [0.25, 0.3) is 0 Å². The molecule has 0 fully saturated rings. The van der Waals surface area contributed by atoms with E-state index < -0.39 is 5.51 Å². The molecule has 94 valence electrons. The highest BCUT2D eigenvalue weighted by Crippen LogP contribution is 2.41.